The Labute approximate surface area is 131 Å². The average molecular weight is 308 g/mol. The zero-order valence-electron chi connectivity index (χ0n) is 11.9. The number of carboxylic acids is 1. The average Bonchev–Trinajstić information content (AvgIpc) is 2.53. The second-order valence-corrected chi connectivity index (χ2v) is 4.57. The molecule has 0 heterocycles. The fourth-order valence-electron chi connectivity index (χ4n) is 1.90. The van der Waals surface area contributed by atoms with Crippen LogP contribution in [0.5, 0.6) is 5.75 Å². The molecule has 0 fully saturated rings. The fraction of sp³-hybridized carbons (Fsp3) is 0. The number of rotatable bonds is 4. The molecule has 0 bridgehead atoms. The molecule has 2 aromatic carbocycles. The predicted molar refractivity (Wildman–Crippen MR) is 83.7 cm³/mol. The molecule has 0 aliphatic rings. The van der Waals surface area contributed by atoms with Gasteiger partial charge in [-0.15, -0.1) is 0 Å². The summed E-state index contributed by atoms with van der Waals surface area (Å²) >= 11 is 0. The minimum absolute atomic E-state index is 0.00710. The van der Waals surface area contributed by atoms with Crippen molar-refractivity contribution in [3.8, 4) is 11.8 Å². The highest BCUT2D eigenvalue weighted by atomic mass is 16.4. The van der Waals surface area contributed by atoms with Crippen LogP contribution in [0.4, 0.5) is 5.69 Å². The first-order chi connectivity index (χ1) is 11.0. The van der Waals surface area contributed by atoms with Gasteiger partial charge in [0, 0.05) is 0 Å². The van der Waals surface area contributed by atoms with Crippen LogP contribution in [0.3, 0.4) is 0 Å². The van der Waals surface area contributed by atoms with E-state index in [0.29, 0.717) is 5.56 Å². The van der Waals surface area contributed by atoms with E-state index in [1.807, 2.05) is 0 Å². The summed E-state index contributed by atoms with van der Waals surface area (Å²) in [7, 11) is 0. The molecule has 0 atom stereocenters. The van der Waals surface area contributed by atoms with E-state index < -0.39 is 11.9 Å². The first-order valence-electron chi connectivity index (χ1n) is 6.56. The number of phenolic OH excluding ortho intramolecular Hbond substituents is 1. The smallest absolute Gasteiger partial charge is 0.337 e. The number of para-hydroxylation sites is 1. The lowest BCUT2D eigenvalue weighted by molar-refractivity contribution is -0.112. The van der Waals surface area contributed by atoms with Crippen molar-refractivity contribution in [2.45, 2.75) is 0 Å². The number of aromatic carboxylic acids is 1. The third-order valence-electron chi connectivity index (χ3n) is 2.95. The van der Waals surface area contributed by atoms with Gasteiger partial charge in [0.15, 0.2) is 0 Å². The molecular formula is C17H12N2O4. The Hall–Kier alpha value is -3.59. The van der Waals surface area contributed by atoms with Gasteiger partial charge in [-0.05, 0) is 35.9 Å². The van der Waals surface area contributed by atoms with Crippen LogP contribution in [0.2, 0.25) is 0 Å². The number of carboxylic acid groups (broad SMARTS) is 1. The number of amides is 1. The van der Waals surface area contributed by atoms with Gasteiger partial charge in [0.05, 0.1) is 11.3 Å². The number of aromatic hydroxyl groups is 1. The molecule has 23 heavy (non-hydrogen) atoms. The van der Waals surface area contributed by atoms with Crippen LogP contribution < -0.4 is 5.32 Å². The van der Waals surface area contributed by atoms with Crippen molar-refractivity contribution in [2.75, 3.05) is 5.32 Å². The Kier molecular flexibility index (Phi) is 4.75. The van der Waals surface area contributed by atoms with Gasteiger partial charge in [-0.3, -0.25) is 4.79 Å². The molecule has 0 spiro atoms. The number of benzene rings is 2. The van der Waals surface area contributed by atoms with Gasteiger partial charge in [0.1, 0.15) is 17.4 Å². The van der Waals surface area contributed by atoms with Crippen molar-refractivity contribution < 1.29 is 19.8 Å². The van der Waals surface area contributed by atoms with E-state index in [1.54, 1.807) is 24.3 Å². The van der Waals surface area contributed by atoms with Gasteiger partial charge in [0.2, 0.25) is 0 Å². The zero-order valence-corrected chi connectivity index (χ0v) is 11.9. The number of carbonyl (C=O) groups is 2. The lowest BCUT2D eigenvalue weighted by atomic mass is 10.1. The van der Waals surface area contributed by atoms with Crippen molar-refractivity contribution in [3.05, 3.63) is 65.2 Å². The number of hydrogen-bond acceptors (Lipinski definition) is 4. The van der Waals surface area contributed by atoms with Crippen LogP contribution in [0.1, 0.15) is 15.9 Å². The van der Waals surface area contributed by atoms with Crippen molar-refractivity contribution in [1.29, 1.82) is 5.26 Å². The summed E-state index contributed by atoms with van der Waals surface area (Å²) in [5.41, 5.74) is 0.288. The quantitative estimate of drug-likeness (QED) is 0.594. The molecule has 0 aliphatic carbocycles. The molecule has 0 unspecified atom stereocenters. The Bertz CT molecular complexity index is 834. The number of anilines is 1. The van der Waals surface area contributed by atoms with Gasteiger partial charge in [-0.25, -0.2) is 4.79 Å². The van der Waals surface area contributed by atoms with Crippen LogP contribution in [-0.4, -0.2) is 22.1 Å². The Balaban J connectivity index is 2.29. The van der Waals surface area contributed by atoms with Crippen molar-refractivity contribution in [2.24, 2.45) is 0 Å². The predicted octanol–water partition coefficient (Wildman–Crippen LogP) is 2.64. The molecule has 3 N–H and O–H groups in total. The monoisotopic (exact) mass is 308 g/mol. The van der Waals surface area contributed by atoms with E-state index in [0.717, 1.165) is 0 Å². The third kappa shape index (κ3) is 3.95. The second-order valence-electron chi connectivity index (χ2n) is 4.57. The van der Waals surface area contributed by atoms with E-state index in [9.17, 15) is 14.7 Å². The van der Waals surface area contributed by atoms with Gasteiger partial charge in [-0.2, -0.15) is 5.26 Å². The second kappa shape index (κ2) is 6.91. The van der Waals surface area contributed by atoms with Crippen LogP contribution in [0, 0.1) is 11.3 Å². The van der Waals surface area contributed by atoms with E-state index in [4.69, 9.17) is 10.4 Å². The van der Waals surface area contributed by atoms with Crippen molar-refractivity contribution >= 4 is 23.6 Å². The van der Waals surface area contributed by atoms with Crippen LogP contribution in [0.15, 0.2) is 54.1 Å². The maximum Gasteiger partial charge on any atom is 0.337 e. The molecule has 2 aromatic rings. The zero-order chi connectivity index (χ0) is 16.8. The number of phenols is 1. The highest BCUT2D eigenvalue weighted by Crippen LogP contribution is 2.18. The molecule has 114 valence electrons. The largest absolute Gasteiger partial charge is 0.508 e. The summed E-state index contributed by atoms with van der Waals surface area (Å²) in [6.45, 7) is 0. The van der Waals surface area contributed by atoms with Gasteiger partial charge in [-0.1, -0.05) is 24.3 Å². The van der Waals surface area contributed by atoms with Gasteiger partial charge in [0.25, 0.3) is 5.91 Å². The number of nitrogens with zero attached hydrogens (tertiary/aromatic N) is 1. The fourth-order valence-corrected chi connectivity index (χ4v) is 1.90. The summed E-state index contributed by atoms with van der Waals surface area (Å²) in [4.78, 5) is 23.3. The molecule has 0 radical (unpaired) electrons. The summed E-state index contributed by atoms with van der Waals surface area (Å²) < 4.78 is 0. The SMILES string of the molecule is N#C/C(=C\c1cccc(O)c1)C(=O)Nc1ccccc1C(=O)O. The maximum absolute atomic E-state index is 12.2. The van der Waals surface area contributed by atoms with Crippen LogP contribution in [-0.2, 0) is 4.79 Å². The molecule has 1 amide bonds. The molecule has 6 heteroatoms. The van der Waals surface area contributed by atoms with Crippen molar-refractivity contribution in [3.63, 3.8) is 0 Å². The summed E-state index contributed by atoms with van der Waals surface area (Å²) in [6, 6.07) is 13.7. The normalized spacial score (nSPS) is 10.7. The van der Waals surface area contributed by atoms with Gasteiger partial charge < -0.3 is 15.5 Å². The number of nitriles is 1. The Morgan fingerprint density at radius 3 is 2.52 bits per heavy atom. The maximum atomic E-state index is 12.2. The molecule has 0 saturated heterocycles. The molecule has 6 nitrogen and oxygen atoms in total. The highest BCUT2D eigenvalue weighted by molar-refractivity contribution is 6.11. The number of nitrogens with one attached hydrogen (secondary N) is 1. The first-order valence-corrected chi connectivity index (χ1v) is 6.56. The number of hydrogen-bond donors (Lipinski definition) is 3. The molecule has 0 aliphatic heterocycles. The Morgan fingerprint density at radius 2 is 1.87 bits per heavy atom. The molecule has 0 aromatic heterocycles. The van der Waals surface area contributed by atoms with Gasteiger partial charge >= 0.3 is 5.97 Å². The third-order valence-corrected chi connectivity index (χ3v) is 2.95. The highest BCUT2D eigenvalue weighted by Gasteiger charge is 2.14. The first kappa shape index (κ1) is 15.8. The summed E-state index contributed by atoms with van der Waals surface area (Å²) in [6.07, 6.45) is 1.30. The lowest BCUT2D eigenvalue weighted by Gasteiger charge is -2.07. The summed E-state index contributed by atoms with van der Waals surface area (Å²) in [5.74, 6) is -1.91. The summed E-state index contributed by atoms with van der Waals surface area (Å²) in [5, 5.41) is 30.0. The van der Waals surface area contributed by atoms with E-state index in [2.05, 4.69) is 5.32 Å². The van der Waals surface area contributed by atoms with E-state index >= 15 is 0 Å². The van der Waals surface area contributed by atoms with E-state index in [1.165, 1.54) is 36.4 Å². The molecule has 2 rings (SSSR count). The number of carbonyl (C=O) groups excluding carboxylic acids is 1. The minimum Gasteiger partial charge on any atom is -0.508 e. The molecule has 0 saturated carbocycles. The Morgan fingerprint density at radius 1 is 1.13 bits per heavy atom. The minimum atomic E-state index is -1.18. The lowest BCUT2D eigenvalue weighted by Crippen LogP contribution is -2.16. The molecular weight excluding hydrogens is 296 g/mol. The van der Waals surface area contributed by atoms with Crippen LogP contribution >= 0.6 is 0 Å². The van der Waals surface area contributed by atoms with Crippen LogP contribution in [0.25, 0.3) is 6.08 Å². The standard InChI is InChI=1S/C17H12N2O4/c18-10-12(8-11-4-3-5-13(20)9-11)16(21)19-15-7-2-1-6-14(15)17(22)23/h1-9,20H,(H,19,21)(H,22,23)/b12-8+. The topological polar surface area (TPSA) is 110 Å². The van der Waals surface area contributed by atoms with Crippen molar-refractivity contribution in [1.82, 2.24) is 0 Å². The van der Waals surface area contributed by atoms with E-state index in [-0.39, 0.29) is 22.6 Å².